The average Bonchev–Trinajstić information content (AvgIpc) is 3.33. The van der Waals surface area contributed by atoms with E-state index in [4.69, 9.17) is 10.1 Å². The summed E-state index contributed by atoms with van der Waals surface area (Å²) in [5.41, 5.74) is 3.19. The molecule has 214 valence electrons. The molecule has 3 N–H and O–H groups in total. The third kappa shape index (κ3) is 6.24. The first kappa shape index (κ1) is 29.4. The fraction of sp³-hybridized carbons (Fsp3) is 0.393. The minimum absolute atomic E-state index is 0.0916. The lowest BCUT2D eigenvalue weighted by atomic mass is 9.87. The lowest BCUT2D eigenvalue weighted by Gasteiger charge is -2.32. The van der Waals surface area contributed by atoms with Crippen molar-refractivity contribution in [2.45, 2.75) is 62.7 Å². The third-order valence-electron chi connectivity index (χ3n) is 6.69. The summed E-state index contributed by atoms with van der Waals surface area (Å²) in [5, 5.41) is 29.3. The second kappa shape index (κ2) is 11.9. The van der Waals surface area contributed by atoms with Gasteiger partial charge in [-0.2, -0.15) is 8.42 Å². The molecule has 3 heterocycles. The zero-order valence-electron chi connectivity index (χ0n) is 22.5. The maximum atomic E-state index is 13.9. The second-order valence-electron chi connectivity index (χ2n) is 10.2. The van der Waals surface area contributed by atoms with Gasteiger partial charge in [-0.25, -0.2) is 18.7 Å². The molecule has 4 rings (SSSR count). The van der Waals surface area contributed by atoms with Crippen LogP contribution in [0.15, 0.2) is 47.9 Å². The smallest absolute Gasteiger partial charge is 0.305 e. The number of benzene rings is 1. The number of pyridine rings is 1. The van der Waals surface area contributed by atoms with Gasteiger partial charge in [0.25, 0.3) is 10.0 Å². The highest BCUT2D eigenvalue weighted by molar-refractivity contribution is 7.92. The summed E-state index contributed by atoms with van der Waals surface area (Å²) in [6, 6.07) is 5.89. The van der Waals surface area contributed by atoms with Crippen LogP contribution < -0.4 is 4.31 Å². The molecule has 1 aromatic carbocycles. The Morgan fingerprint density at radius 1 is 1.20 bits per heavy atom. The molecule has 40 heavy (non-hydrogen) atoms. The normalized spacial score (nSPS) is 15.4. The molecule has 0 amide bonds. The lowest BCUT2D eigenvalue weighted by molar-refractivity contribution is -0.139. The summed E-state index contributed by atoms with van der Waals surface area (Å²) in [4.78, 5) is 19.8. The van der Waals surface area contributed by atoms with E-state index in [2.05, 4.69) is 4.98 Å². The zero-order chi connectivity index (χ0) is 29.2. The fourth-order valence-corrected chi connectivity index (χ4v) is 6.32. The molecule has 2 aromatic heterocycles. The van der Waals surface area contributed by atoms with Gasteiger partial charge >= 0.3 is 5.97 Å². The predicted molar refractivity (Wildman–Crippen MR) is 148 cm³/mol. The first-order valence-corrected chi connectivity index (χ1v) is 14.4. The molecule has 0 fully saturated rings. The molecule has 2 atom stereocenters. The SMILES string of the molecule is CC(C)c1nc2c(c(-c3ccc(F)cc3)c1/C=C/[C@@H](O)C[C@@H](O)CC(=O)O)CCCN2S(=O)(=O)c1cn(C)cn1. The number of halogens is 1. The maximum absolute atomic E-state index is 13.9. The topological polar surface area (TPSA) is 146 Å². The highest BCUT2D eigenvalue weighted by Gasteiger charge is 2.35. The van der Waals surface area contributed by atoms with E-state index < -0.39 is 40.4 Å². The maximum Gasteiger partial charge on any atom is 0.305 e. The van der Waals surface area contributed by atoms with E-state index in [-0.39, 0.29) is 29.7 Å². The number of carbonyl (C=O) groups is 1. The number of aromatic nitrogens is 3. The number of sulfonamides is 1. The number of aliphatic hydroxyl groups excluding tert-OH is 2. The Kier molecular flexibility index (Phi) is 8.71. The van der Waals surface area contributed by atoms with Gasteiger partial charge in [-0.3, -0.25) is 4.79 Å². The van der Waals surface area contributed by atoms with E-state index in [0.29, 0.717) is 40.8 Å². The van der Waals surface area contributed by atoms with Gasteiger partial charge < -0.3 is 19.9 Å². The van der Waals surface area contributed by atoms with Crippen molar-refractivity contribution >= 4 is 27.9 Å². The number of carboxylic acid groups (broad SMARTS) is 1. The first-order chi connectivity index (χ1) is 18.9. The number of nitrogens with zero attached hydrogens (tertiary/aromatic N) is 4. The van der Waals surface area contributed by atoms with Gasteiger partial charge in [0.05, 0.1) is 30.7 Å². The van der Waals surface area contributed by atoms with Crippen molar-refractivity contribution in [2.75, 3.05) is 10.8 Å². The van der Waals surface area contributed by atoms with Crippen LogP contribution in [0.1, 0.15) is 55.8 Å². The van der Waals surface area contributed by atoms with Gasteiger partial charge in [0.15, 0.2) is 5.03 Å². The van der Waals surface area contributed by atoms with Crippen LogP contribution >= 0.6 is 0 Å². The molecule has 1 aliphatic rings. The van der Waals surface area contributed by atoms with Crippen LogP contribution in [0, 0.1) is 5.82 Å². The molecule has 0 bridgehead atoms. The van der Waals surface area contributed by atoms with E-state index in [1.165, 1.54) is 35.0 Å². The first-order valence-electron chi connectivity index (χ1n) is 13.0. The molecular formula is C28H33FN4O6S. The molecule has 0 saturated carbocycles. The van der Waals surface area contributed by atoms with Crippen molar-refractivity contribution in [3.8, 4) is 11.1 Å². The lowest BCUT2D eigenvalue weighted by Crippen LogP contribution is -2.37. The molecule has 3 aromatic rings. The molecule has 0 saturated heterocycles. The number of hydrogen-bond acceptors (Lipinski definition) is 7. The Bertz CT molecular complexity index is 1520. The summed E-state index contributed by atoms with van der Waals surface area (Å²) < 4.78 is 44.1. The number of aliphatic hydroxyl groups is 2. The van der Waals surface area contributed by atoms with Crippen LogP contribution in [0.5, 0.6) is 0 Å². The number of hydrogen-bond donors (Lipinski definition) is 3. The Labute approximate surface area is 232 Å². The van der Waals surface area contributed by atoms with E-state index in [1.54, 1.807) is 29.8 Å². The Balaban J connectivity index is 1.89. The largest absolute Gasteiger partial charge is 0.481 e. The number of fused-ring (bicyclic) bond motifs is 1. The molecular weight excluding hydrogens is 539 g/mol. The Hall–Kier alpha value is -3.61. The highest BCUT2D eigenvalue weighted by Crippen LogP contribution is 2.42. The minimum Gasteiger partial charge on any atom is -0.481 e. The summed E-state index contributed by atoms with van der Waals surface area (Å²) in [5.74, 6) is -1.47. The Morgan fingerprint density at radius 2 is 1.90 bits per heavy atom. The molecule has 0 spiro atoms. The fourth-order valence-electron chi connectivity index (χ4n) is 4.87. The van der Waals surface area contributed by atoms with Gasteiger partial charge in [0.1, 0.15) is 11.6 Å². The van der Waals surface area contributed by atoms with Crippen molar-refractivity contribution in [2.24, 2.45) is 7.05 Å². The number of aliphatic carboxylic acids is 1. The Morgan fingerprint density at radius 3 is 2.50 bits per heavy atom. The quantitative estimate of drug-likeness (QED) is 0.335. The predicted octanol–water partition coefficient (Wildman–Crippen LogP) is 3.49. The van der Waals surface area contributed by atoms with Crippen LogP contribution in [0.4, 0.5) is 10.2 Å². The third-order valence-corrected chi connectivity index (χ3v) is 8.37. The van der Waals surface area contributed by atoms with Crippen LogP contribution in [0.25, 0.3) is 17.2 Å². The number of anilines is 1. The highest BCUT2D eigenvalue weighted by atomic mass is 32.2. The van der Waals surface area contributed by atoms with Crippen molar-refractivity contribution in [3.63, 3.8) is 0 Å². The second-order valence-corrected chi connectivity index (χ2v) is 12.0. The van der Waals surface area contributed by atoms with E-state index in [9.17, 15) is 27.8 Å². The van der Waals surface area contributed by atoms with Crippen LogP contribution in [0.2, 0.25) is 0 Å². The van der Waals surface area contributed by atoms with Gasteiger partial charge in [-0.1, -0.05) is 38.1 Å². The number of rotatable bonds is 10. The molecule has 12 heteroatoms. The van der Waals surface area contributed by atoms with Crippen molar-refractivity contribution < 1.29 is 32.9 Å². The number of carboxylic acids is 1. The summed E-state index contributed by atoms with van der Waals surface area (Å²) in [6.45, 7) is 4.04. The standard InChI is InChI=1S/C28H33FN4O6S/c1-17(2)27-22(11-10-20(34)13-21(35)14-25(36)37)26(18-6-8-19(29)9-7-18)23-5-4-12-33(28(23)31-27)40(38,39)24-15-32(3)16-30-24/h6-11,15-17,20-21,34-35H,4-5,12-14H2,1-3H3,(H,36,37)/b11-10+/t20-,21-/m1/s1. The van der Waals surface area contributed by atoms with Crippen molar-refractivity contribution in [3.05, 3.63) is 65.5 Å². The molecule has 0 aliphatic carbocycles. The summed E-state index contributed by atoms with van der Waals surface area (Å²) >= 11 is 0. The summed E-state index contributed by atoms with van der Waals surface area (Å²) in [7, 11) is -2.33. The number of imidazole rings is 1. The van der Waals surface area contributed by atoms with E-state index in [0.717, 1.165) is 0 Å². The number of aryl methyl sites for hydroxylation is 1. The van der Waals surface area contributed by atoms with Gasteiger partial charge in [-0.15, -0.1) is 0 Å². The molecule has 1 aliphatic heterocycles. The van der Waals surface area contributed by atoms with Gasteiger partial charge in [0.2, 0.25) is 0 Å². The monoisotopic (exact) mass is 572 g/mol. The zero-order valence-corrected chi connectivity index (χ0v) is 23.3. The molecule has 0 unspecified atom stereocenters. The summed E-state index contributed by atoms with van der Waals surface area (Å²) in [6.07, 6.45) is 3.95. The van der Waals surface area contributed by atoms with E-state index in [1.807, 2.05) is 13.8 Å². The molecule has 10 nitrogen and oxygen atoms in total. The van der Waals surface area contributed by atoms with Gasteiger partial charge in [0, 0.05) is 37.3 Å². The van der Waals surface area contributed by atoms with Crippen LogP contribution in [-0.2, 0) is 28.3 Å². The van der Waals surface area contributed by atoms with E-state index >= 15 is 0 Å². The van der Waals surface area contributed by atoms with Gasteiger partial charge in [-0.05, 0) is 42.0 Å². The van der Waals surface area contributed by atoms with Crippen molar-refractivity contribution in [1.29, 1.82) is 0 Å². The van der Waals surface area contributed by atoms with Crippen LogP contribution in [-0.4, -0.2) is 63.0 Å². The minimum atomic E-state index is -4.02. The van der Waals surface area contributed by atoms with Crippen LogP contribution in [0.3, 0.4) is 0 Å². The van der Waals surface area contributed by atoms with Crippen molar-refractivity contribution in [1.82, 2.24) is 14.5 Å². The molecule has 0 radical (unpaired) electrons. The average molecular weight is 573 g/mol.